The normalized spacial score (nSPS) is 19.2. The van der Waals surface area contributed by atoms with Crippen molar-refractivity contribution >= 4 is 5.91 Å². The van der Waals surface area contributed by atoms with Gasteiger partial charge in [-0.15, -0.1) is 0 Å². The van der Waals surface area contributed by atoms with Crippen LogP contribution in [-0.4, -0.2) is 32.7 Å². The van der Waals surface area contributed by atoms with E-state index < -0.39 is 0 Å². The molecule has 1 aliphatic rings. The van der Waals surface area contributed by atoms with Gasteiger partial charge in [-0.2, -0.15) is 0 Å². The Hall–Kier alpha value is -2.53. The van der Waals surface area contributed by atoms with Gasteiger partial charge in [0.2, 0.25) is 5.91 Å². The number of amides is 1. The molecule has 2 N–H and O–H groups in total. The zero-order chi connectivity index (χ0) is 21.0. The highest BCUT2D eigenvalue weighted by molar-refractivity contribution is 5.75. The summed E-state index contributed by atoms with van der Waals surface area (Å²) in [5.74, 6) is 1.58. The quantitative estimate of drug-likeness (QED) is 0.755. The van der Waals surface area contributed by atoms with E-state index in [4.69, 9.17) is 9.47 Å². The van der Waals surface area contributed by atoms with Crippen molar-refractivity contribution in [2.75, 3.05) is 20.8 Å². The van der Waals surface area contributed by atoms with Gasteiger partial charge in [0.25, 0.3) is 0 Å². The van der Waals surface area contributed by atoms with Crippen LogP contribution in [0.1, 0.15) is 48.6 Å². The number of ether oxygens (including phenoxy) is 2. The monoisotopic (exact) mass is 397 g/mol. The van der Waals surface area contributed by atoms with E-state index in [1.165, 1.54) is 27.2 Å². The van der Waals surface area contributed by atoms with Gasteiger partial charge in [0.05, 0.1) is 26.8 Å². The van der Waals surface area contributed by atoms with E-state index in [1.54, 1.807) is 14.2 Å². The Morgan fingerprint density at radius 3 is 2.45 bits per heavy atom. The second kappa shape index (κ2) is 9.31. The molecular formula is C24H33N2O3+. The minimum atomic E-state index is 0.0139. The molecule has 3 atom stereocenters. The molecule has 2 aromatic rings. The maximum atomic E-state index is 12.1. The lowest BCUT2D eigenvalue weighted by Crippen LogP contribution is -3.13. The van der Waals surface area contributed by atoms with Gasteiger partial charge in [0, 0.05) is 24.0 Å². The molecule has 5 nitrogen and oxygen atoms in total. The maximum Gasteiger partial charge on any atom is 0.220 e. The van der Waals surface area contributed by atoms with Crippen LogP contribution < -0.4 is 19.7 Å². The Balaban J connectivity index is 1.98. The average Bonchev–Trinajstić information content (AvgIpc) is 2.73. The fourth-order valence-electron chi connectivity index (χ4n) is 4.34. The predicted octanol–water partition coefficient (Wildman–Crippen LogP) is 2.61. The minimum Gasteiger partial charge on any atom is -0.493 e. The van der Waals surface area contributed by atoms with Crippen LogP contribution >= 0.6 is 0 Å². The highest BCUT2D eigenvalue weighted by Crippen LogP contribution is 2.35. The third-order valence-corrected chi connectivity index (χ3v) is 5.90. The van der Waals surface area contributed by atoms with Gasteiger partial charge in [-0.3, -0.25) is 4.79 Å². The summed E-state index contributed by atoms with van der Waals surface area (Å²) in [5, 5.41) is 3.20. The number of carbonyl (C=O) groups is 1. The molecule has 156 valence electrons. The molecule has 29 heavy (non-hydrogen) atoms. The Bertz CT molecular complexity index is 848. The molecule has 1 heterocycles. The summed E-state index contributed by atoms with van der Waals surface area (Å²) in [6, 6.07) is 13.1. The molecule has 0 fully saturated rings. The summed E-state index contributed by atoms with van der Waals surface area (Å²) in [6.07, 6.45) is 1.46. The van der Waals surface area contributed by atoms with Gasteiger partial charge < -0.3 is 19.7 Å². The zero-order valence-corrected chi connectivity index (χ0v) is 18.2. The van der Waals surface area contributed by atoms with Crippen LogP contribution in [-0.2, 0) is 17.8 Å². The van der Waals surface area contributed by atoms with Crippen LogP contribution in [0.15, 0.2) is 36.4 Å². The topological polar surface area (TPSA) is 52.0 Å². The van der Waals surface area contributed by atoms with E-state index in [9.17, 15) is 4.79 Å². The SMILES string of the molecule is CCC(=O)N[C@@H](C)[C@@H]1c2cc(OC)c(OC)cc2CC[NH+]1Cc1ccc(C)cc1. The summed E-state index contributed by atoms with van der Waals surface area (Å²) < 4.78 is 11.1. The van der Waals surface area contributed by atoms with Gasteiger partial charge in [-0.05, 0) is 31.5 Å². The first kappa shape index (κ1) is 21.2. The van der Waals surface area contributed by atoms with Crippen molar-refractivity contribution < 1.29 is 19.2 Å². The fourth-order valence-corrected chi connectivity index (χ4v) is 4.34. The molecule has 0 spiro atoms. The number of methoxy groups -OCH3 is 2. The molecule has 5 heteroatoms. The molecule has 0 aliphatic carbocycles. The van der Waals surface area contributed by atoms with E-state index in [-0.39, 0.29) is 18.0 Å². The molecular weight excluding hydrogens is 364 g/mol. The molecule has 0 bridgehead atoms. The van der Waals surface area contributed by atoms with Crippen molar-refractivity contribution in [3.8, 4) is 11.5 Å². The summed E-state index contributed by atoms with van der Waals surface area (Å²) >= 11 is 0. The number of fused-ring (bicyclic) bond motifs is 1. The molecule has 0 aromatic heterocycles. The highest BCUT2D eigenvalue weighted by atomic mass is 16.5. The minimum absolute atomic E-state index is 0.0139. The third-order valence-electron chi connectivity index (χ3n) is 5.90. The zero-order valence-electron chi connectivity index (χ0n) is 18.2. The van der Waals surface area contributed by atoms with Crippen LogP contribution in [0.2, 0.25) is 0 Å². The average molecular weight is 398 g/mol. The van der Waals surface area contributed by atoms with Crippen LogP contribution in [0.5, 0.6) is 11.5 Å². The first-order valence-electron chi connectivity index (χ1n) is 10.4. The summed E-state index contributed by atoms with van der Waals surface area (Å²) in [4.78, 5) is 13.6. The van der Waals surface area contributed by atoms with E-state index in [0.29, 0.717) is 6.42 Å². The second-order valence-corrected chi connectivity index (χ2v) is 7.91. The van der Waals surface area contributed by atoms with Crippen LogP contribution in [0.25, 0.3) is 0 Å². The lowest BCUT2D eigenvalue weighted by Gasteiger charge is -2.38. The Morgan fingerprint density at radius 1 is 1.17 bits per heavy atom. The molecule has 2 aromatic carbocycles. The summed E-state index contributed by atoms with van der Waals surface area (Å²) in [6.45, 7) is 8.04. The van der Waals surface area contributed by atoms with Crippen molar-refractivity contribution in [2.45, 2.75) is 52.2 Å². The number of carbonyl (C=O) groups excluding carboxylic acids is 1. The number of rotatable bonds is 7. The van der Waals surface area contributed by atoms with E-state index in [0.717, 1.165) is 31.0 Å². The van der Waals surface area contributed by atoms with Crippen LogP contribution in [0.3, 0.4) is 0 Å². The van der Waals surface area contributed by atoms with Gasteiger partial charge in [0.15, 0.2) is 11.5 Å². The third kappa shape index (κ3) is 4.73. The number of aryl methyl sites for hydroxylation is 1. The molecule has 1 amide bonds. The van der Waals surface area contributed by atoms with Crippen molar-refractivity contribution in [3.63, 3.8) is 0 Å². The van der Waals surface area contributed by atoms with Crippen LogP contribution in [0, 0.1) is 6.92 Å². The lowest BCUT2D eigenvalue weighted by molar-refractivity contribution is -0.948. The van der Waals surface area contributed by atoms with Gasteiger partial charge in [-0.1, -0.05) is 36.8 Å². The molecule has 3 rings (SSSR count). The molecule has 0 saturated carbocycles. The van der Waals surface area contributed by atoms with Crippen molar-refractivity contribution in [1.82, 2.24) is 5.32 Å². The number of hydrogen-bond donors (Lipinski definition) is 2. The van der Waals surface area contributed by atoms with Gasteiger partial charge in [0.1, 0.15) is 12.6 Å². The molecule has 0 radical (unpaired) electrons. The second-order valence-electron chi connectivity index (χ2n) is 7.91. The molecule has 0 saturated heterocycles. The first-order chi connectivity index (χ1) is 14.0. The number of nitrogens with one attached hydrogen (secondary N) is 2. The van der Waals surface area contributed by atoms with Crippen molar-refractivity contribution in [3.05, 3.63) is 58.7 Å². The Morgan fingerprint density at radius 2 is 1.83 bits per heavy atom. The fraction of sp³-hybridized carbons (Fsp3) is 0.458. The van der Waals surface area contributed by atoms with Gasteiger partial charge >= 0.3 is 0 Å². The summed E-state index contributed by atoms with van der Waals surface area (Å²) in [5.41, 5.74) is 5.09. The first-order valence-corrected chi connectivity index (χ1v) is 10.4. The van der Waals surface area contributed by atoms with Crippen molar-refractivity contribution in [2.24, 2.45) is 0 Å². The van der Waals surface area contributed by atoms with E-state index >= 15 is 0 Å². The van der Waals surface area contributed by atoms with Crippen molar-refractivity contribution in [1.29, 1.82) is 0 Å². The van der Waals surface area contributed by atoms with E-state index in [2.05, 4.69) is 55.6 Å². The standard InChI is InChI=1S/C24H32N2O3/c1-6-23(27)25-17(3)24-20-14-22(29-5)21(28-4)13-19(20)11-12-26(24)15-18-9-7-16(2)8-10-18/h7-10,13-14,17,24H,6,11-12,15H2,1-5H3,(H,25,27)/p+1/t17-,24+/m0/s1. The lowest BCUT2D eigenvalue weighted by atomic mass is 9.87. The summed E-state index contributed by atoms with van der Waals surface area (Å²) in [7, 11) is 3.34. The Kier molecular flexibility index (Phi) is 6.80. The van der Waals surface area contributed by atoms with Crippen LogP contribution in [0.4, 0.5) is 0 Å². The molecule has 1 aliphatic heterocycles. The molecule has 1 unspecified atom stereocenters. The number of quaternary nitrogens is 1. The van der Waals surface area contributed by atoms with Gasteiger partial charge in [-0.25, -0.2) is 0 Å². The smallest absolute Gasteiger partial charge is 0.220 e. The highest BCUT2D eigenvalue weighted by Gasteiger charge is 2.37. The number of hydrogen-bond acceptors (Lipinski definition) is 3. The van der Waals surface area contributed by atoms with E-state index in [1.807, 2.05) is 6.92 Å². The number of benzene rings is 2. The largest absolute Gasteiger partial charge is 0.493 e. The maximum absolute atomic E-state index is 12.1. The predicted molar refractivity (Wildman–Crippen MR) is 115 cm³/mol. The Labute approximate surface area is 174 Å².